The van der Waals surface area contributed by atoms with E-state index in [1.54, 1.807) is 0 Å². The van der Waals surface area contributed by atoms with Crippen molar-refractivity contribution in [3.63, 3.8) is 0 Å². The Morgan fingerprint density at radius 1 is 1.54 bits per heavy atom. The number of hydrogen-bond acceptors (Lipinski definition) is 4. The number of hydrogen-bond donors (Lipinski definition) is 2. The number of thioether (sulfide) groups is 2. The molecule has 1 atom stereocenters. The number of rotatable bonds is 4. The van der Waals surface area contributed by atoms with Gasteiger partial charge in [0.2, 0.25) is 12.3 Å². The summed E-state index contributed by atoms with van der Waals surface area (Å²) in [4.78, 5) is 21.0. The van der Waals surface area contributed by atoms with Crippen LogP contribution in [0.1, 0.15) is 6.42 Å². The second kappa shape index (κ2) is 6.15. The summed E-state index contributed by atoms with van der Waals surface area (Å²) in [6.07, 6.45) is 0.944. The maximum atomic E-state index is 11.1. The van der Waals surface area contributed by atoms with Gasteiger partial charge in [-0.3, -0.25) is 20.4 Å². The van der Waals surface area contributed by atoms with Crippen LogP contribution in [-0.2, 0) is 9.59 Å². The minimum atomic E-state index is -0.118. The van der Waals surface area contributed by atoms with Crippen LogP contribution in [0.15, 0.2) is 0 Å². The Bertz CT molecular complexity index is 183. The van der Waals surface area contributed by atoms with Crippen LogP contribution in [0.25, 0.3) is 0 Å². The molecule has 0 radical (unpaired) electrons. The molecule has 0 aliphatic carbocycles. The fourth-order valence-electron chi connectivity index (χ4n) is 1.02. The van der Waals surface area contributed by atoms with Crippen LogP contribution < -0.4 is 10.9 Å². The van der Waals surface area contributed by atoms with Crippen LogP contribution >= 0.6 is 23.5 Å². The Kier molecular flexibility index (Phi) is 5.07. The fraction of sp³-hybridized carbons (Fsp3) is 0.714. The minimum absolute atomic E-state index is 0.118. The maximum absolute atomic E-state index is 11.1. The lowest BCUT2D eigenvalue weighted by Crippen LogP contribution is -2.38. The highest BCUT2D eigenvalue weighted by Crippen LogP contribution is 2.25. The smallest absolute Gasteiger partial charge is 0.239 e. The van der Waals surface area contributed by atoms with E-state index < -0.39 is 0 Å². The molecule has 1 saturated heterocycles. The van der Waals surface area contributed by atoms with Gasteiger partial charge in [0.1, 0.15) is 0 Å². The van der Waals surface area contributed by atoms with Gasteiger partial charge in [-0.25, -0.2) is 0 Å². The molecule has 0 aromatic rings. The fourth-order valence-corrected chi connectivity index (χ4v) is 3.70. The Morgan fingerprint density at radius 2 is 2.38 bits per heavy atom. The molecule has 13 heavy (non-hydrogen) atoms. The average molecular weight is 220 g/mol. The molecular formula is C7H12N2O2S2. The molecule has 0 aromatic carbocycles. The molecule has 2 amide bonds. The zero-order valence-corrected chi connectivity index (χ0v) is 8.75. The quantitative estimate of drug-likeness (QED) is 0.517. The van der Waals surface area contributed by atoms with E-state index in [9.17, 15) is 9.59 Å². The SMILES string of the molecule is O=CNNC(=O)CC1CSCCS1. The highest BCUT2D eigenvalue weighted by atomic mass is 32.2. The monoisotopic (exact) mass is 220 g/mol. The number of hydrazine groups is 1. The molecule has 1 aliphatic heterocycles. The van der Waals surface area contributed by atoms with E-state index in [1.165, 1.54) is 5.75 Å². The van der Waals surface area contributed by atoms with Gasteiger partial charge in [0.05, 0.1) is 0 Å². The summed E-state index contributed by atoms with van der Waals surface area (Å²) in [5, 5.41) is 0.396. The normalized spacial score (nSPS) is 22.0. The zero-order valence-electron chi connectivity index (χ0n) is 7.12. The van der Waals surface area contributed by atoms with Gasteiger partial charge in [0.15, 0.2) is 0 Å². The first-order valence-electron chi connectivity index (χ1n) is 4.00. The van der Waals surface area contributed by atoms with Gasteiger partial charge in [-0.05, 0) is 0 Å². The molecule has 1 aliphatic rings. The first-order valence-corrected chi connectivity index (χ1v) is 6.20. The molecule has 0 saturated carbocycles. The van der Waals surface area contributed by atoms with E-state index >= 15 is 0 Å². The Morgan fingerprint density at radius 3 is 3.00 bits per heavy atom. The van der Waals surface area contributed by atoms with Crippen molar-refractivity contribution < 1.29 is 9.59 Å². The van der Waals surface area contributed by atoms with Gasteiger partial charge in [-0.15, -0.1) is 0 Å². The topological polar surface area (TPSA) is 58.2 Å². The van der Waals surface area contributed by atoms with Crippen LogP contribution in [0.2, 0.25) is 0 Å². The molecule has 0 aromatic heterocycles. The van der Waals surface area contributed by atoms with E-state index in [1.807, 2.05) is 23.5 Å². The van der Waals surface area contributed by atoms with Crippen molar-refractivity contribution in [2.24, 2.45) is 0 Å². The molecule has 4 nitrogen and oxygen atoms in total. The van der Waals surface area contributed by atoms with Crippen molar-refractivity contribution in [2.75, 3.05) is 17.3 Å². The first-order chi connectivity index (χ1) is 6.33. The molecule has 1 rings (SSSR count). The number of carbonyl (C=O) groups excluding carboxylic acids is 2. The zero-order chi connectivity index (χ0) is 9.52. The summed E-state index contributed by atoms with van der Waals surface area (Å²) in [6, 6.07) is 0. The van der Waals surface area contributed by atoms with Crippen molar-refractivity contribution in [1.82, 2.24) is 10.9 Å². The largest absolute Gasteiger partial charge is 0.277 e. The van der Waals surface area contributed by atoms with E-state index in [0.29, 0.717) is 18.1 Å². The van der Waals surface area contributed by atoms with E-state index in [-0.39, 0.29) is 5.91 Å². The van der Waals surface area contributed by atoms with Crippen molar-refractivity contribution in [3.05, 3.63) is 0 Å². The standard InChI is InChI=1S/C7H12N2O2S2/c10-5-8-9-7(11)3-6-4-12-1-2-13-6/h5-6H,1-4H2,(H,8,10)(H,9,11). The van der Waals surface area contributed by atoms with Crippen molar-refractivity contribution >= 4 is 35.8 Å². The number of carbonyl (C=O) groups is 2. The molecule has 1 heterocycles. The molecule has 1 fully saturated rings. The third kappa shape index (κ3) is 4.42. The molecule has 6 heteroatoms. The van der Waals surface area contributed by atoms with Crippen molar-refractivity contribution in [1.29, 1.82) is 0 Å². The van der Waals surface area contributed by atoms with E-state index in [2.05, 4.69) is 10.9 Å². The van der Waals surface area contributed by atoms with Gasteiger partial charge in [-0.2, -0.15) is 23.5 Å². The molecule has 0 spiro atoms. The Balaban J connectivity index is 2.14. The van der Waals surface area contributed by atoms with Crippen molar-refractivity contribution in [3.8, 4) is 0 Å². The van der Waals surface area contributed by atoms with Gasteiger partial charge in [-0.1, -0.05) is 0 Å². The highest BCUT2D eigenvalue weighted by Gasteiger charge is 2.17. The Labute approximate surface area is 85.6 Å². The van der Waals surface area contributed by atoms with Crippen LogP contribution in [0.5, 0.6) is 0 Å². The first kappa shape index (κ1) is 10.7. The van der Waals surface area contributed by atoms with E-state index in [0.717, 1.165) is 11.5 Å². The maximum Gasteiger partial charge on any atom is 0.239 e. The summed E-state index contributed by atoms with van der Waals surface area (Å²) in [5.74, 6) is 3.20. The predicted octanol–water partition coefficient (Wildman–Crippen LogP) is 0.00230. The molecule has 1 unspecified atom stereocenters. The lowest BCUT2D eigenvalue weighted by atomic mass is 10.3. The molecule has 74 valence electrons. The van der Waals surface area contributed by atoms with Crippen molar-refractivity contribution in [2.45, 2.75) is 11.7 Å². The van der Waals surface area contributed by atoms with E-state index in [4.69, 9.17) is 0 Å². The number of nitrogens with one attached hydrogen (secondary N) is 2. The number of amides is 2. The van der Waals surface area contributed by atoms with Gasteiger partial charge in [0.25, 0.3) is 0 Å². The molecular weight excluding hydrogens is 208 g/mol. The third-order valence-corrected chi connectivity index (χ3v) is 4.41. The Hall–Kier alpha value is -0.360. The minimum Gasteiger partial charge on any atom is -0.277 e. The van der Waals surface area contributed by atoms with Crippen LogP contribution in [0.3, 0.4) is 0 Å². The summed E-state index contributed by atoms with van der Waals surface area (Å²) in [6.45, 7) is 0. The van der Waals surface area contributed by atoms with Gasteiger partial charge in [0, 0.05) is 28.9 Å². The summed E-state index contributed by atoms with van der Waals surface area (Å²) < 4.78 is 0. The average Bonchev–Trinajstić information content (AvgIpc) is 2.16. The summed E-state index contributed by atoms with van der Waals surface area (Å²) >= 11 is 3.71. The van der Waals surface area contributed by atoms with Gasteiger partial charge < -0.3 is 0 Å². The third-order valence-electron chi connectivity index (χ3n) is 1.57. The lowest BCUT2D eigenvalue weighted by Gasteiger charge is -2.19. The summed E-state index contributed by atoms with van der Waals surface area (Å²) in [5.41, 5.74) is 4.44. The van der Waals surface area contributed by atoms with Crippen LogP contribution in [0.4, 0.5) is 0 Å². The van der Waals surface area contributed by atoms with Crippen LogP contribution in [0, 0.1) is 0 Å². The lowest BCUT2D eigenvalue weighted by molar-refractivity contribution is -0.124. The predicted molar refractivity (Wildman–Crippen MR) is 55.5 cm³/mol. The summed E-state index contributed by atoms with van der Waals surface area (Å²) in [7, 11) is 0. The second-order valence-electron chi connectivity index (χ2n) is 2.58. The van der Waals surface area contributed by atoms with Gasteiger partial charge >= 0.3 is 0 Å². The van der Waals surface area contributed by atoms with Crippen LogP contribution in [-0.4, -0.2) is 34.8 Å². The highest BCUT2D eigenvalue weighted by molar-refractivity contribution is 8.06. The molecule has 2 N–H and O–H groups in total. The molecule has 0 bridgehead atoms. The second-order valence-corrected chi connectivity index (χ2v) is 5.14.